The molecule has 1 heterocycles. The number of aryl methyl sites for hydroxylation is 1. The highest BCUT2D eigenvalue weighted by Gasteiger charge is 2.29. The third-order valence-electron chi connectivity index (χ3n) is 6.18. The third-order valence-corrected chi connectivity index (χ3v) is 8.01. The molecule has 0 saturated carbocycles. The molecule has 0 bridgehead atoms. The SMILES string of the molecule is COc1ccc(S(=O)(=O)N2CCCc3cc(NC(=O)/C=C/c4cc(OC)c(OC)c(OC)c4)ccc32)cc1. The zero-order valence-corrected chi connectivity index (χ0v) is 22.5. The van der Waals surface area contributed by atoms with E-state index in [0.29, 0.717) is 59.3 Å². The molecule has 10 heteroatoms. The molecule has 1 aliphatic rings. The first-order valence-electron chi connectivity index (χ1n) is 11.9. The Labute approximate surface area is 222 Å². The fourth-order valence-corrected chi connectivity index (χ4v) is 5.86. The van der Waals surface area contributed by atoms with E-state index >= 15 is 0 Å². The highest BCUT2D eigenvalue weighted by molar-refractivity contribution is 7.92. The summed E-state index contributed by atoms with van der Waals surface area (Å²) >= 11 is 0. The van der Waals surface area contributed by atoms with Crippen LogP contribution >= 0.6 is 0 Å². The number of hydrogen-bond donors (Lipinski definition) is 1. The van der Waals surface area contributed by atoms with Crippen LogP contribution in [0.15, 0.2) is 65.6 Å². The molecular weight excluding hydrogens is 508 g/mol. The standard InChI is InChI=1S/C28H30N2O7S/c1-34-22-9-11-23(12-10-22)38(32,33)30-15-5-6-20-18-21(8-13-24(20)30)29-27(31)14-7-19-16-25(35-2)28(37-4)26(17-19)36-3/h7-14,16-18H,5-6,15H2,1-4H3,(H,29,31)/b14-7+. The van der Waals surface area contributed by atoms with Gasteiger partial charge < -0.3 is 24.3 Å². The minimum Gasteiger partial charge on any atom is -0.497 e. The molecule has 38 heavy (non-hydrogen) atoms. The van der Waals surface area contributed by atoms with Gasteiger partial charge in [0.05, 0.1) is 39.0 Å². The zero-order chi connectivity index (χ0) is 27.3. The molecule has 1 amide bonds. The van der Waals surface area contributed by atoms with Crippen LogP contribution < -0.4 is 28.6 Å². The van der Waals surface area contributed by atoms with Crippen LogP contribution in [0.4, 0.5) is 11.4 Å². The molecule has 1 aliphatic heterocycles. The van der Waals surface area contributed by atoms with Crippen molar-refractivity contribution in [1.82, 2.24) is 0 Å². The number of anilines is 2. The van der Waals surface area contributed by atoms with Crippen molar-refractivity contribution in [2.24, 2.45) is 0 Å². The Morgan fingerprint density at radius 1 is 0.895 bits per heavy atom. The van der Waals surface area contributed by atoms with Crippen molar-refractivity contribution in [3.8, 4) is 23.0 Å². The lowest BCUT2D eigenvalue weighted by Gasteiger charge is -2.31. The van der Waals surface area contributed by atoms with Crippen molar-refractivity contribution in [1.29, 1.82) is 0 Å². The van der Waals surface area contributed by atoms with Gasteiger partial charge >= 0.3 is 0 Å². The lowest BCUT2D eigenvalue weighted by atomic mass is 10.0. The molecule has 3 aromatic rings. The van der Waals surface area contributed by atoms with Crippen LogP contribution in [0, 0.1) is 0 Å². The number of amides is 1. The van der Waals surface area contributed by atoms with Crippen LogP contribution in [-0.2, 0) is 21.2 Å². The summed E-state index contributed by atoms with van der Waals surface area (Å²) in [4.78, 5) is 12.8. The molecule has 0 fully saturated rings. The van der Waals surface area contributed by atoms with Crippen molar-refractivity contribution in [3.63, 3.8) is 0 Å². The van der Waals surface area contributed by atoms with Gasteiger partial charge in [-0.3, -0.25) is 9.10 Å². The fourth-order valence-electron chi connectivity index (χ4n) is 4.32. The maximum atomic E-state index is 13.3. The second-order valence-electron chi connectivity index (χ2n) is 8.48. The normalized spacial score (nSPS) is 13.1. The van der Waals surface area contributed by atoms with Crippen LogP contribution in [0.1, 0.15) is 17.5 Å². The quantitative estimate of drug-likeness (QED) is 0.400. The Kier molecular flexibility index (Phi) is 8.11. The number of ether oxygens (including phenoxy) is 4. The van der Waals surface area contributed by atoms with Crippen LogP contribution in [0.5, 0.6) is 23.0 Å². The molecule has 1 N–H and O–H groups in total. The molecule has 0 aliphatic carbocycles. The Morgan fingerprint density at radius 3 is 2.18 bits per heavy atom. The largest absolute Gasteiger partial charge is 0.497 e. The van der Waals surface area contributed by atoms with E-state index in [1.165, 1.54) is 51.0 Å². The van der Waals surface area contributed by atoms with Crippen LogP contribution in [0.3, 0.4) is 0 Å². The van der Waals surface area contributed by atoms with Gasteiger partial charge in [0.25, 0.3) is 10.0 Å². The number of carbonyl (C=O) groups excluding carboxylic acids is 1. The lowest BCUT2D eigenvalue weighted by Crippen LogP contribution is -2.35. The molecule has 0 saturated heterocycles. The van der Waals surface area contributed by atoms with Crippen molar-refractivity contribution >= 4 is 33.4 Å². The molecule has 200 valence electrons. The monoisotopic (exact) mass is 538 g/mol. The predicted octanol–water partition coefficient (Wildman–Crippen LogP) is 4.51. The van der Waals surface area contributed by atoms with Gasteiger partial charge in [0.2, 0.25) is 11.7 Å². The number of methoxy groups -OCH3 is 4. The van der Waals surface area contributed by atoms with Gasteiger partial charge in [0.15, 0.2) is 11.5 Å². The number of hydrogen-bond acceptors (Lipinski definition) is 7. The summed E-state index contributed by atoms with van der Waals surface area (Å²) in [5.41, 5.74) is 2.73. The fraction of sp³-hybridized carbons (Fsp3) is 0.250. The highest BCUT2D eigenvalue weighted by Crippen LogP contribution is 2.38. The smallest absolute Gasteiger partial charge is 0.264 e. The maximum absolute atomic E-state index is 13.3. The number of nitrogens with zero attached hydrogens (tertiary/aromatic N) is 1. The van der Waals surface area contributed by atoms with Gasteiger partial charge in [0.1, 0.15) is 5.75 Å². The summed E-state index contributed by atoms with van der Waals surface area (Å²) in [6.45, 7) is 0.380. The Bertz CT molecular complexity index is 1430. The summed E-state index contributed by atoms with van der Waals surface area (Å²) in [5, 5.41) is 2.85. The first kappa shape index (κ1) is 26.9. The van der Waals surface area contributed by atoms with Crippen molar-refractivity contribution < 1.29 is 32.2 Å². The van der Waals surface area contributed by atoms with E-state index in [1.54, 1.807) is 42.5 Å². The average molecular weight is 539 g/mol. The molecule has 0 radical (unpaired) electrons. The van der Waals surface area contributed by atoms with Crippen molar-refractivity contribution in [2.45, 2.75) is 17.7 Å². The molecule has 4 rings (SSSR count). The minimum atomic E-state index is -3.74. The van der Waals surface area contributed by atoms with Crippen molar-refractivity contribution in [3.05, 3.63) is 71.8 Å². The Morgan fingerprint density at radius 2 is 1.58 bits per heavy atom. The summed E-state index contributed by atoms with van der Waals surface area (Å²) in [5.74, 6) is 1.68. The minimum absolute atomic E-state index is 0.195. The third kappa shape index (κ3) is 5.55. The maximum Gasteiger partial charge on any atom is 0.264 e. The number of nitrogens with one attached hydrogen (secondary N) is 1. The average Bonchev–Trinajstić information content (AvgIpc) is 2.94. The molecule has 0 unspecified atom stereocenters. The molecule has 0 aromatic heterocycles. The summed E-state index contributed by atoms with van der Waals surface area (Å²) < 4.78 is 49.3. The molecule has 0 spiro atoms. The van der Waals surface area contributed by atoms with E-state index in [2.05, 4.69) is 5.32 Å². The number of benzene rings is 3. The van der Waals surface area contributed by atoms with Gasteiger partial charge in [-0.15, -0.1) is 0 Å². The zero-order valence-electron chi connectivity index (χ0n) is 21.7. The molecule has 0 atom stereocenters. The van der Waals surface area contributed by atoms with Crippen LogP contribution in [-0.4, -0.2) is 49.3 Å². The van der Waals surface area contributed by atoms with Crippen molar-refractivity contribution in [2.75, 3.05) is 44.6 Å². The number of sulfonamides is 1. The highest BCUT2D eigenvalue weighted by atomic mass is 32.2. The van der Waals surface area contributed by atoms with Gasteiger partial charge in [-0.05, 0) is 84.6 Å². The van der Waals surface area contributed by atoms with Gasteiger partial charge in [-0.1, -0.05) is 0 Å². The number of rotatable bonds is 9. The van der Waals surface area contributed by atoms with E-state index in [4.69, 9.17) is 18.9 Å². The van der Waals surface area contributed by atoms with Crippen LogP contribution in [0.25, 0.3) is 6.08 Å². The van der Waals surface area contributed by atoms with E-state index in [9.17, 15) is 13.2 Å². The van der Waals surface area contributed by atoms with Crippen LogP contribution in [0.2, 0.25) is 0 Å². The topological polar surface area (TPSA) is 103 Å². The van der Waals surface area contributed by atoms with Gasteiger partial charge in [-0.2, -0.15) is 0 Å². The molecule has 3 aromatic carbocycles. The molecule has 9 nitrogen and oxygen atoms in total. The number of carbonyl (C=O) groups is 1. The first-order valence-corrected chi connectivity index (χ1v) is 13.3. The predicted molar refractivity (Wildman–Crippen MR) is 146 cm³/mol. The Hall–Kier alpha value is -4.18. The Balaban J connectivity index is 1.51. The van der Waals surface area contributed by atoms with Gasteiger partial charge in [0, 0.05) is 18.3 Å². The summed E-state index contributed by atoms with van der Waals surface area (Å²) in [6, 6.07) is 15.1. The second kappa shape index (κ2) is 11.5. The first-order chi connectivity index (χ1) is 18.3. The van der Waals surface area contributed by atoms with Gasteiger partial charge in [-0.25, -0.2) is 8.42 Å². The van der Waals surface area contributed by atoms with E-state index in [-0.39, 0.29) is 10.8 Å². The number of fused-ring (bicyclic) bond motifs is 1. The van der Waals surface area contributed by atoms with E-state index in [0.717, 1.165) is 5.56 Å². The lowest BCUT2D eigenvalue weighted by molar-refractivity contribution is -0.111. The molecular formula is C28H30N2O7S. The summed E-state index contributed by atoms with van der Waals surface area (Å²) in [6.07, 6.45) is 4.41. The van der Waals surface area contributed by atoms with E-state index < -0.39 is 10.0 Å². The second-order valence-corrected chi connectivity index (χ2v) is 10.3. The van der Waals surface area contributed by atoms with E-state index in [1.807, 2.05) is 6.07 Å². The summed E-state index contributed by atoms with van der Waals surface area (Å²) in [7, 11) is 2.36.